The van der Waals surface area contributed by atoms with Crippen molar-refractivity contribution in [2.75, 3.05) is 12.4 Å². The average molecular weight is 377 g/mol. The summed E-state index contributed by atoms with van der Waals surface area (Å²) in [5.74, 6) is 2.11. The minimum absolute atomic E-state index is 0.0118. The van der Waals surface area contributed by atoms with Crippen LogP contribution >= 0.6 is 0 Å². The van der Waals surface area contributed by atoms with Gasteiger partial charge in [0, 0.05) is 23.4 Å². The van der Waals surface area contributed by atoms with Gasteiger partial charge in [0.25, 0.3) is 11.4 Å². The molecule has 2 aromatic heterocycles. The summed E-state index contributed by atoms with van der Waals surface area (Å²) in [6, 6.07) is 13.4. The van der Waals surface area contributed by atoms with Crippen LogP contribution in [0.25, 0.3) is 22.7 Å². The number of nitro groups is 1. The molecule has 0 amide bonds. The third-order valence-corrected chi connectivity index (χ3v) is 4.05. The lowest BCUT2D eigenvalue weighted by Crippen LogP contribution is -1.98. The number of hydrogen-bond acceptors (Lipinski definition) is 8. The van der Waals surface area contributed by atoms with Crippen LogP contribution < -0.4 is 10.1 Å². The van der Waals surface area contributed by atoms with Crippen LogP contribution in [0.2, 0.25) is 0 Å². The van der Waals surface area contributed by atoms with Crippen molar-refractivity contribution in [2.24, 2.45) is 0 Å². The summed E-state index contributed by atoms with van der Waals surface area (Å²) in [4.78, 5) is 23.6. The Morgan fingerprint density at radius 3 is 2.39 bits per heavy atom. The molecule has 0 aliphatic rings. The number of benzene rings is 2. The van der Waals surface area contributed by atoms with E-state index in [1.807, 2.05) is 24.3 Å². The van der Waals surface area contributed by atoms with Crippen LogP contribution in [0.3, 0.4) is 0 Å². The topological polar surface area (TPSA) is 116 Å². The van der Waals surface area contributed by atoms with Gasteiger partial charge in [0.05, 0.1) is 12.0 Å². The van der Waals surface area contributed by atoms with Crippen LogP contribution in [0.15, 0.2) is 52.9 Å². The number of fused-ring (bicyclic) bond motifs is 1. The number of rotatable bonds is 5. The third kappa shape index (κ3) is 3.32. The lowest BCUT2D eigenvalue weighted by molar-refractivity contribution is -0.384. The monoisotopic (exact) mass is 377 g/mol. The first-order valence-corrected chi connectivity index (χ1v) is 8.34. The van der Waals surface area contributed by atoms with E-state index in [1.54, 1.807) is 26.2 Å². The van der Waals surface area contributed by atoms with Crippen molar-refractivity contribution in [1.82, 2.24) is 15.0 Å². The van der Waals surface area contributed by atoms with Crippen molar-refractivity contribution >= 4 is 28.4 Å². The third-order valence-electron chi connectivity index (χ3n) is 4.05. The predicted molar refractivity (Wildman–Crippen MR) is 103 cm³/mol. The molecule has 0 aliphatic heterocycles. The van der Waals surface area contributed by atoms with Crippen LogP contribution in [0.4, 0.5) is 17.2 Å². The van der Waals surface area contributed by atoms with Gasteiger partial charge in [-0.3, -0.25) is 10.1 Å². The molecule has 0 aliphatic carbocycles. The van der Waals surface area contributed by atoms with Gasteiger partial charge in [-0.2, -0.15) is 4.98 Å². The largest absolute Gasteiger partial charge is 0.497 e. The van der Waals surface area contributed by atoms with E-state index in [1.165, 1.54) is 12.1 Å². The summed E-state index contributed by atoms with van der Waals surface area (Å²) < 4.78 is 11.0. The van der Waals surface area contributed by atoms with Crippen LogP contribution in [-0.4, -0.2) is 27.0 Å². The summed E-state index contributed by atoms with van der Waals surface area (Å²) in [5, 5.41) is 13.9. The highest BCUT2D eigenvalue weighted by atomic mass is 16.6. The smallest absolute Gasteiger partial charge is 0.269 e. The molecule has 0 fully saturated rings. The minimum atomic E-state index is -0.449. The van der Waals surface area contributed by atoms with Gasteiger partial charge >= 0.3 is 0 Å². The first kappa shape index (κ1) is 17.4. The maximum Gasteiger partial charge on any atom is 0.269 e. The molecule has 0 saturated heterocycles. The number of hydrogen-bond donors (Lipinski definition) is 1. The standard InChI is InChI=1S/C19H15N5O4/c1-11-20-17(22-13-5-7-14(8-6-13)24(25)26)16-19(21-11)28-18(23-16)12-3-9-15(27-2)10-4-12/h3-10H,1-2H3,(H,20,21,22). The van der Waals surface area contributed by atoms with E-state index in [9.17, 15) is 10.1 Å². The zero-order chi connectivity index (χ0) is 19.7. The molecule has 0 atom stereocenters. The molecule has 9 heteroatoms. The summed E-state index contributed by atoms with van der Waals surface area (Å²) in [6.45, 7) is 1.75. The number of nitro benzene ring substituents is 1. The van der Waals surface area contributed by atoms with Gasteiger partial charge in [-0.15, -0.1) is 0 Å². The summed E-state index contributed by atoms with van der Waals surface area (Å²) >= 11 is 0. The van der Waals surface area contributed by atoms with Crippen molar-refractivity contribution in [2.45, 2.75) is 6.92 Å². The Bertz CT molecular complexity index is 1150. The number of aromatic nitrogens is 3. The summed E-state index contributed by atoms with van der Waals surface area (Å²) in [5.41, 5.74) is 2.24. The number of aryl methyl sites for hydroxylation is 1. The number of oxazole rings is 1. The van der Waals surface area contributed by atoms with Gasteiger partial charge < -0.3 is 14.5 Å². The Labute approximate surface area is 159 Å². The van der Waals surface area contributed by atoms with E-state index in [2.05, 4.69) is 20.3 Å². The molecule has 2 aromatic carbocycles. The van der Waals surface area contributed by atoms with Crippen molar-refractivity contribution in [3.05, 3.63) is 64.5 Å². The second kappa shape index (κ2) is 6.95. The van der Waals surface area contributed by atoms with Crippen molar-refractivity contribution in [3.8, 4) is 17.2 Å². The Hall–Kier alpha value is -4.01. The Morgan fingerprint density at radius 1 is 1.04 bits per heavy atom. The second-order valence-electron chi connectivity index (χ2n) is 5.95. The van der Waals surface area contributed by atoms with Gasteiger partial charge in [-0.05, 0) is 43.3 Å². The molecular weight excluding hydrogens is 362 g/mol. The molecule has 0 radical (unpaired) electrons. The molecule has 28 heavy (non-hydrogen) atoms. The quantitative estimate of drug-likeness (QED) is 0.405. The number of anilines is 2. The van der Waals surface area contributed by atoms with Crippen LogP contribution in [-0.2, 0) is 0 Å². The Morgan fingerprint density at radius 2 is 1.75 bits per heavy atom. The SMILES string of the molecule is COc1ccc(-c2nc3c(Nc4ccc([N+](=O)[O-])cc4)nc(C)nc3o2)cc1. The minimum Gasteiger partial charge on any atom is -0.497 e. The highest BCUT2D eigenvalue weighted by Crippen LogP contribution is 2.29. The molecular formula is C19H15N5O4. The first-order chi connectivity index (χ1) is 13.5. The zero-order valence-corrected chi connectivity index (χ0v) is 15.0. The summed E-state index contributed by atoms with van der Waals surface area (Å²) in [7, 11) is 1.60. The Kier molecular flexibility index (Phi) is 4.32. The number of ether oxygens (including phenoxy) is 1. The molecule has 140 valence electrons. The van der Waals surface area contributed by atoms with Gasteiger partial charge in [0.2, 0.25) is 5.89 Å². The first-order valence-electron chi connectivity index (χ1n) is 8.34. The lowest BCUT2D eigenvalue weighted by atomic mass is 10.2. The summed E-state index contributed by atoms with van der Waals surface area (Å²) in [6.07, 6.45) is 0. The van der Waals surface area contributed by atoms with E-state index >= 15 is 0 Å². The van der Waals surface area contributed by atoms with Gasteiger partial charge in [0.15, 0.2) is 11.3 Å². The molecule has 4 rings (SSSR count). The number of methoxy groups -OCH3 is 1. The predicted octanol–water partition coefficient (Wildman–Crippen LogP) is 4.25. The highest BCUT2D eigenvalue weighted by molar-refractivity contribution is 5.85. The zero-order valence-electron chi connectivity index (χ0n) is 15.0. The average Bonchev–Trinajstić information content (AvgIpc) is 3.12. The molecule has 9 nitrogen and oxygen atoms in total. The van der Waals surface area contributed by atoms with Crippen LogP contribution in [0, 0.1) is 17.0 Å². The van der Waals surface area contributed by atoms with E-state index < -0.39 is 4.92 Å². The maximum absolute atomic E-state index is 10.8. The number of non-ortho nitro benzene ring substituents is 1. The van der Waals surface area contributed by atoms with E-state index in [-0.39, 0.29) is 5.69 Å². The second-order valence-corrected chi connectivity index (χ2v) is 5.95. The fourth-order valence-electron chi connectivity index (χ4n) is 2.68. The van der Waals surface area contributed by atoms with E-state index in [4.69, 9.17) is 9.15 Å². The lowest BCUT2D eigenvalue weighted by Gasteiger charge is -2.05. The van der Waals surface area contributed by atoms with E-state index in [0.717, 1.165) is 11.3 Å². The fraction of sp³-hybridized carbons (Fsp3) is 0.105. The number of nitrogens with one attached hydrogen (secondary N) is 1. The molecule has 2 heterocycles. The maximum atomic E-state index is 10.8. The van der Waals surface area contributed by atoms with Crippen LogP contribution in [0.1, 0.15) is 5.82 Å². The molecule has 0 spiro atoms. The normalized spacial score (nSPS) is 10.8. The van der Waals surface area contributed by atoms with Crippen molar-refractivity contribution in [1.29, 1.82) is 0 Å². The highest BCUT2D eigenvalue weighted by Gasteiger charge is 2.16. The van der Waals surface area contributed by atoms with Crippen LogP contribution in [0.5, 0.6) is 5.75 Å². The Balaban J connectivity index is 1.71. The molecule has 0 saturated carbocycles. The fourth-order valence-corrected chi connectivity index (χ4v) is 2.68. The van der Waals surface area contributed by atoms with Gasteiger partial charge in [-0.25, -0.2) is 9.97 Å². The molecule has 0 unspecified atom stereocenters. The van der Waals surface area contributed by atoms with Crippen molar-refractivity contribution in [3.63, 3.8) is 0 Å². The van der Waals surface area contributed by atoms with Gasteiger partial charge in [-0.1, -0.05) is 0 Å². The van der Waals surface area contributed by atoms with Crippen molar-refractivity contribution < 1.29 is 14.1 Å². The van der Waals surface area contributed by atoms with Gasteiger partial charge in [0.1, 0.15) is 11.6 Å². The molecule has 1 N–H and O–H groups in total. The number of nitrogens with zero attached hydrogens (tertiary/aromatic N) is 4. The van der Waals surface area contributed by atoms with E-state index in [0.29, 0.717) is 34.5 Å². The molecule has 0 bridgehead atoms. The molecule has 4 aromatic rings.